The van der Waals surface area contributed by atoms with E-state index in [0.717, 1.165) is 0 Å². The lowest BCUT2D eigenvalue weighted by molar-refractivity contribution is 0.437. The van der Waals surface area contributed by atoms with Crippen LogP contribution in [0, 0.1) is 0 Å². The summed E-state index contributed by atoms with van der Waals surface area (Å²) in [6.07, 6.45) is 1.50. The Hall–Kier alpha value is -1.10. The van der Waals surface area contributed by atoms with Gasteiger partial charge in [-0.15, -0.1) is 0 Å². The van der Waals surface area contributed by atoms with E-state index in [2.05, 4.69) is 4.42 Å². The van der Waals surface area contributed by atoms with E-state index in [1.165, 1.54) is 16.5 Å². The first kappa shape index (κ1) is 8.99. The van der Waals surface area contributed by atoms with Crippen molar-refractivity contribution in [3.8, 4) is 0 Å². The highest BCUT2D eigenvalue weighted by Crippen LogP contribution is 1.99. The molecule has 1 heterocycles. The van der Waals surface area contributed by atoms with Gasteiger partial charge in [-0.25, -0.2) is 9.59 Å². The van der Waals surface area contributed by atoms with E-state index in [1.54, 1.807) is 0 Å². The third kappa shape index (κ3) is 1.73. The van der Waals surface area contributed by atoms with E-state index < -0.39 is 19.6 Å². The maximum atomic E-state index is 11.1. The molecule has 0 aromatic carbocycles. The zero-order chi connectivity index (χ0) is 9.35. The van der Waals surface area contributed by atoms with Crippen LogP contribution in [0.3, 0.4) is 0 Å². The molecule has 0 unspecified atom stereocenters. The van der Waals surface area contributed by atoms with Gasteiger partial charge >= 0.3 is 11.4 Å². The van der Waals surface area contributed by atoms with Crippen LogP contribution in [0.4, 0.5) is 0 Å². The molecule has 5 heteroatoms. The molecular formula is C7H11NO3Si. The Kier molecular flexibility index (Phi) is 2.06. The second-order valence-corrected chi connectivity index (χ2v) is 8.37. The summed E-state index contributed by atoms with van der Waals surface area (Å²) in [5.74, 6) is -0.554. The molecule has 0 atom stereocenters. The lowest BCUT2D eigenvalue weighted by atomic mass is 10.7. The van der Waals surface area contributed by atoms with Crippen molar-refractivity contribution in [1.29, 1.82) is 0 Å². The fourth-order valence-electron chi connectivity index (χ4n) is 0.863. The van der Waals surface area contributed by atoms with Crippen molar-refractivity contribution in [1.82, 2.24) is 4.23 Å². The molecule has 0 fully saturated rings. The molecule has 1 aromatic rings. The molecular weight excluding hydrogens is 174 g/mol. The van der Waals surface area contributed by atoms with Gasteiger partial charge in [-0.05, 0) is 0 Å². The molecule has 0 spiro atoms. The standard InChI is InChI=1S/C7H11NO3Si/c1-12(2,3)8-5-4-6(9)11-7(8)10/h4-5H,1-3H3. The Morgan fingerprint density at radius 1 is 1.33 bits per heavy atom. The molecule has 12 heavy (non-hydrogen) atoms. The van der Waals surface area contributed by atoms with Crippen molar-refractivity contribution in [3.05, 3.63) is 33.2 Å². The van der Waals surface area contributed by atoms with Gasteiger partial charge in [-0.2, -0.15) is 0 Å². The van der Waals surface area contributed by atoms with Crippen LogP contribution < -0.4 is 11.4 Å². The minimum atomic E-state index is -1.73. The van der Waals surface area contributed by atoms with Gasteiger partial charge in [0.25, 0.3) is 0 Å². The van der Waals surface area contributed by atoms with Crippen molar-refractivity contribution < 1.29 is 4.42 Å². The Morgan fingerprint density at radius 2 is 1.92 bits per heavy atom. The van der Waals surface area contributed by atoms with E-state index in [4.69, 9.17) is 0 Å². The van der Waals surface area contributed by atoms with Gasteiger partial charge in [-0.1, -0.05) is 19.6 Å². The van der Waals surface area contributed by atoms with Crippen LogP contribution in [0.15, 0.2) is 26.3 Å². The van der Waals surface area contributed by atoms with Crippen LogP contribution in [0.2, 0.25) is 19.6 Å². The normalized spacial score (nSPS) is 11.6. The molecule has 0 amide bonds. The van der Waals surface area contributed by atoms with Gasteiger partial charge in [0.1, 0.15) is 0 Å². The molecule has 0 aliphatic heterocycles. The van der Waals surface area contributed by atoms with Crippen LogP contribution in [0.25, 0.3) is 0 Å². The lowest BCUT2D eigenvalue weighted by Crippen LogP contribution is -2.41. The van der Waals surface area contributed by atoms with Crippen molar-refractivity contribution in [3.63, 3.8) is 0 Å². The zero-order valence-electron chi connectivity index (χ0n) is 7.33. The summed E-state index contributed by atoms with van der Waals surface area (Å²) in [6, 6.07) is 1.26. The topological polar surface area (TPSA) is 52.2 Å². The zero-order valence-corrected chi connectivity index (χ0v) is 8.33. The van der Waals surface area contributed by atoms with Crippen LogP contribution in [0.1, 0.15) is 0 Å². The molecule has 66 valence electrons. The summed E-state index contributed by atoms with van der Waals surface area (Å²) in [5, 5.41) is 0. The van der Waals surface area contributed by atoms with Crippen LogP contribution in [-0.4, -0.2) is 12.5 Å². The molecule has 1 aromatic heterocycles. The summed E-state index contributed by atoms with van der Waals surface area (Å²) in [6.45, 7) is 5.98. The van der Waals surface area contributed by atoms with Gasteiger partial charge in [0, 0.05) is 12.3 Å². The smallest absolute Gasteiger partial charge is 0.373 e. The van der Waals surface area contributed by atoms with Crippen molar-refractivity contribution in [2.24, 2.45) is 0 Å². The van der Waals surface area contributed by atoms with Crippen LogP contribution in [-0.2, 0) is 0 Å². The Bertz CT molecular complexity index is 385. The average Bonchev–Trinajstić information content (AvgIpc) is 1.83. The molecule has 1 rings (SSSR count). The summed E-state index contributed by atoms with van der Waals surface area (Å²) in [4.78, 5) is 21.7. The van der Waals surface area contributed by atoms with Gasteiger partial charge in [0.2, 0.25) is 0 Å². The Balaban J connectivity index is 3.39. The Morgan fingerprint density at radius 3 is 2.33 bits per heavy atom. The Labute approximate surface area is 70.5 Å². The first-order valence-corrected chi connectivity index (χ1v) is 7.09. The van der Waals surface area contributed by atoms with Crippen LogP contribution in [0.5, 0.6) is 0 Å². The first-order valence-electron chi connectivity index (χ1n) is 3.64. The monoisotopic (exact) mass is 185 g/mol. The summed E-state index contributed by atoms with van der Waals surface area (Å²) in [5.41, 5.74) is -0.588. The fourth-order valence-corrected chi connectivity index (χ4v) is 1.98. The van der Waals surface area contributed by atoms with E-state index in [-0.39, 0.29) is 0 Å². The molecule has 0 aliphatic rings. The van der Waals surface area contributed by atoms with Gasteiger partial charge in [0.15, 0.2) is 8.24 Å². The van der Waals surface area contributed by atoms with Crippen LogP contribution >= 0.6 is 0 Å². The minimum Gasteiger partial charge on any atom is -0.373 e. The van der Waals surface area contributed by atoms with Gasteiger partial charge in [-0.3, -0.25) is 0 Å². The lowest BCUT2D eigenvalue weighted by Gasteiger charge is -2.17. The number of rotatable bonds is 1. The largest absolute Gasteiger partial charge is 0.413 e. The molecule has 0 radical (unpaired) electrons. The highest BCUT2D eigenvalue weighted by atomic mass is 28.3. The van der Waals surface area contributed by atoms with Crippen molar-refractivity contribution in [2.75, 3.05) is 0 Å². The second kappa shape index (κ2) is 2.74. The van der Waals surface area contributed by atoms with E-state index >= 15 is 0 Å². The molecule has 0 saturated carbocycles. The predicted octanol–water partition coefficient (Wildman–Crippen LogP) is 0.484. The highest BCUT2D eigenvalue weighted by molar-refractivity contribution is 6.74. The van der Waals surface area contributed by atoms with Gasteiger partial charge in [0.05, 0.1) is 0 Å². The number of aromatic nitrogens is 1. The average molecular weight is 185 g/mol. The number of hydrogen-bond acceptors (Lipinski definition) is 3. The highest BCUT2D eigenvalue weighted by Gasteiger charge is 2.18. The summed E-state index contributed by atoms with van der Waals surface area (Å²) >= 11 is 0. The maximum Gasteiger partial charge on any atom is 0.413 e. The minimum absolute atomic E-state index is 0.554. The summed E-state index contributed by atoms with van der Waals surface area (Å²) < 4.78 is 5.93. The van der Waals surface area contributed by atoms with E-state index in [1.807, 2.05) is 19.6 Å². The number of nitrogens with zero attached hydrogens (tertiary/aromatic N) is 1. The summed E-state index contributed by atoms with van der Waals surface area (Å²) in [7, 11) is -1.73. The molecule has 0 saturated heterocycles. The molecule has 0 bridgehead atoms. The molecule has 0 aliphatic carbocycles. The van der Waals surface area contributed by atoms with Gasteiger partial charge < -0.3 is 8.65 Å². The second-order valence-electron chi connectivity index (χ2n) is 3.54. The maximum absolute atomic E-state index is 11.1. The quantitative estimate of drug-likeness (QED) is 0.598. The SMILES string of the molecule is C[Si](C)(C)n1ccc(=O)oc1=O. The van der Waals surface area contributed by atoms with Crippen molar-refractivity contribution in [2.45, 2.75) is 19.6 Å². The fraction of sp³-hybridized carbons (Fsp3) is 0.429. The van der Waals surface area contributed by atoms with E-state index in [0.29, 0.717) is 0 Å². The molecule has 4 nitrogen and oxygen atoms in total. The third-order valence-electron chi connectivity index (χ3n) is 1.47. The predicted molar refractivity (Wildman–Crippen MR) is 48.0 cm³/mol. The third-order valence-corrected chi connectivity index (χ3v) is 3.24. The molecule has 0 N–H and O–H groups in total. The number of hydrogen-bond donors (Lipinski definition) is 0. The van der Waals surface area contributed by atoms with E-state index in [9.17, 15) is 9.59 Å². The van der Waals surface area contributed by atoms with Crippen molar-refractivity contribution >= 4 is 8.24 Å². The first-order chi connectivity index (χ1) is 5.41.